The van der Waals surface area contributed by atoms with Crippen molar-refractivity contribution in [3.05, 3.63) is 35.4 Å². The molecule has 0 aliphatic heterocycles. The average molecular weight is 186 g/mol. The molecule has 1 aliphatic carbocycles. The molecule has 14 heavy (non-hydrogen) atoms. The van der Waals surface area contributed by atoms with Gasteiger partial charge >= 0.3 is 0 Å². The minimum Gasteiger partial charge on any atom is -0.324 e. The van der Waals surface area contributed by atoms with E-state index in [1.54, 1.807) is 0 Å². The number of benzene rings is 1. The summed E-state index contributed by atoms with van der Waals surface area (Å²) in [4.78, 5) is 0. The summed E-state index contributed by atoms with van der Waals surface area (Å²) in [5, 5.41) is 8.76. The van der Waals surface area contributed by atoms with Gasteiger partial charge in [-0.1, -0.05) is 18.6 Å². The van der Waals surface area contributed by atoms with E-state index in [2.05, 4.69) is 6.07 Å². The minimum atomic E-state index is 0.122. The summed E-state index contributed by atoms with van der Waals surface area (Å²) in [5.74, 6) is 0.629. The fourth-order valence-electron chi connectivity index (χ4n) is 1.89. The maximum absolute atomic E-state index is 8.76. The number of hydrogen-bond donors (Lipinski definition) is 1. The lowest BCUT2D eigenvalue weighted by atomic mass is 9.77. The van der Waals surface area contributed by atoms with Crippen LogP contribution in [0, 0.1) is 17.2 Å². The first kappa shape index (κ1) is 9.23. The van der Waals surface area contributed by atoms with Crippen molar-refractivity contribution in [3.8, 4) is 6.07 Å². The van der Waals surface area contributed by atoms with Gasteiger partial charge in [-0.2, -0.15) is 5.26 Å². The lowest BCUT2D eigenvalue weighted by molar-refractivity contribution is 0.264. The molecule has 0 amide bonds. The molecule has 0 saturated heterocycles. The first-order chi connectivity index (χ1) is 6.81. The van der Waals surface area contributed by atoms with Crippen LogP contribution in [0.25, 0.3) is 0 Å². The van der Waals surface area contributed by atoms with Gasteiger partial charge in [0.1, 0.15) is 0 Å². The van der Waals surface area contributed by atoms with E-state index in [4.69, 9.17) is 11.0 Å². The number of hydrogen-bond acceptors (Lipinski definition) is 2. The van der Waals surface area contributed by atoms with E-state index in [1.807, 2.05) is 24.3 Å². The van der Waals surface area contributed by atoms with E-state index in [9.17, 15) is 0 Å². The van der Waals surface area contributed by atoms with Gasteiger partial charge in [-0.05, 0) is 36.5 Å². The zero-order chi connectivity index (χ0) is 9.97. The number of rotatable bonds is 2. The molecule has 1 aliphatic rings. The average Bonchev–Trinajstić information content (AvgIpc) is 2.15. The second-order valence-corrected chi connectivity index (χ2v) is 3.95. The van der Waals surface area contributed by atoms with E-state index in [0.29, 0.717) is 11.5 Å². The van der Waals surface area contributed by atoms with E-state index in [1.165, 1.54) is 19.3 Å². The van der Waals surface area contributed by atoms with Crippen LogP contribution < -0.4 is 5.73 Å². The third-order valence-electron chi connectivity index (χ3n) is 3.06. The Hall–Kier alpha value is -1.33. The van der Waals surface area contributed by atoms with Gasteiger partial charge in [0.15, 0.2) is 0 Å². The van der Waals surface area contributed by atoms with Gasteiger partial charge in [0.2, 0.25) is 0 Å². The highest BCUT2D eigenvalue weighted by Crippen LogP contribution is 2.36. The summed E-state index contributed by atoms with van der Waals surface area (Å²) in [6.07, 6.45) is 3.77. The summed E-state index contributed by atoms with van der Waals surface area (Å²) in [6.45, 7) is 0. The summed E-state index contributed by atoms with van der Waals surface area (Å²) < 4.78 is 0. The molecule has 0 heterocycles. The van der Waals surface area contributed by atoms with Crippen LogP contribution in [0.4, 0.5) is 0 Å². The van der Waals surface area contributed by atoms with Crippen LogP contribution in [0.2, 0.25) is 0 Å². The highest BCUT2D eigenvalue weighted by Gasteiger charge is 2.25. The van der Waals surface area contributed by atoms with Gasteiger partial charge in [0.25, 0.3) is 0 Å². The molecule has 1 fully saturated rings. The van der Waals surface area contributed by atoms with Gasteiger partial charge < -0.3 is 5.73 Å². The Morgan fingerprint density at radius 1 is 1.43 bits per heavy atom. The van der Waals surface area contributed by atoms with Crippen LogP contribution in [0.5, 0.6) is 0 Å². The summed E-state index contributed by atoms with van der Waals surface area (Å²) in [6, 6.07) is 9.91. The van der Waals surface area contributed by atoms with E-state index in [-0.39, 0.29) is 6.04 Å². The van der Waals surface area contributed by atoms with Crippen molar-refractivity contribution in [2.24, 2.45) is 11.7 Å². The first-order valence-electron chi connectivity index (χ1n) is 5.07. The highest BCUT2D eigenvalue weighted by atomic mass is 14.7. The van der Waals surface area contributed by atoms with Crippen molar-refractivity contribution in [3.63, 3.8) is 0 Å². The number of nitriles is 1. The zero-order valence-corrected chi connectivity index (χ0v) is 8.11. The third kappa shape index (κ3) is 1.64. The number of nitrogens with two attached hydrogens (primary N) is 1. The van der Waals surface area contributed by atoms with Crippen LogP contribution in [0.15, 0.2) is 24.3 Å². The molecule has 2 nitrogen and oxygen atoms in total. The SMILES string of the molecule is N#Cc1cccc([C@@H](N)C2CCC2)c1. The highest BCUT2D eigenvalue weighted by molar-refractivity contribution is 5.34. The Morgan fingerprint density at radius 2 is 2.21 bits per heavy atom. The predicted molar refractivity (Wildman–Crippen MR) is 55.4 cm³/mol. The van der Waals surface area contributed by atoms with Crippen molar-refractivity contribution in [1.29, 1.82) is 5.26 Å². The molecule has 2 N–H and O–H groups in total. The van der Waals surface area contributed by atoms with Crippen LogP contribution in [0.1, 0.15) is 36.4 Å². The maximum atomic E-state index is 8.76. The summed E-state index contributed by atoms with van der Waals surface area (Å²) >= 11 is 0. The van der Waals surface area contributed by atoms with Crippen molar-refractivity contribution in [2.45, 2.75) is 25.3 Å². The van der Waals surface area contributed by atoms with Crippen LogP contribution in [0.3, 0.4) is 0 Å². The molecule has 72 valence electrons. The monoisotopic (exact) mass is 186 g/mol. The van der Waals surface area contributed by atoms with Crippen molar-refractivity contribution in [1.82, 2.24) is 0 Å². The Bertz CT molecular complexity index is 361. The van der Waals surface area contributed by atoms with Crippen LogP contribution in [-0.4, -0.2) is 0 Å². The van der Waals surface area contributed by atoms with E-state index >= 15 is 0 Å². The lowest BCUT2D eigenvalue weighted by Crippen LogP contribution is -2.26. The van der Waals surface area contributed by atoms with Gasteiger partial charge in [0.05, 0.1) is 11.6 Å². The van der Waals surface area contributed by atoms with Crippen molar-refractivity contribution in [2.75, 3.05) is 0 Å². The summed E-state index contributed by atoms with van der Waals surface area (Å²) in [7, 11) is 0. The molecule has 1 aromatic rings. The molecule has 0 aromatic heterocycles. The van der Waals surface area contributed by atoms with Gasteiger partial charge in [0, 0.05) is 6.04 Å². The largest absolute Gasteiger partial charge is 0.324 e. The third-order valence-corrected chi connectivity index (χ3v) is 3.06. The smallest absolute Gasteiger partial charge is 0.0991 e. The standard InChI is InChI=1S/C12H14N2/c13-8-9-3-1-6-11(7-9)12(14)10-4-2-5-10/h1,3,6-7,10,12H,2,4-5,14H2/t12-/m0/s1. The van der Waals surface area contributed by atoms with E-state index < -0.39 is 0 Å². The maximum Gasteiger partial charge on any atom is 0.0991 e. The molecule has 2 rings (SSSR count). The van der Waals surface area contributed by atoms with Gasteiger partial charge in [-0.25, -0.2) is 0 Å². The van der Waals surface area contributed by atoms with Crippen molar-refractivity contribution >= 4 is 0 Å². The molecule has 0 unspecified atom stereocenters. The molecular weight excluding hydrogens is 172 g/mol. The van der Waals surface area contributed by atoms with Crippen LogP contribution in [-0.2, 0) is 0 Å². The van der Waals surface area contributed by atoms with Crippen LogP contribution >= 0.6 is 0 Å². The predicted octanol–water partition coefficient (Wildman–Crippen LogP) is 2.36. The lowest BCUT2D eigenvalue weighted by Gasteiger charge is -2.31. The fourth-order valence-corrected chi connectivity index (χ4v) is 1.89. The molecular formula is C12H14N2. The second kappa shape index (κ2) is 3.81. The molecule has 2 heteroatoms. The fraction of sp³-hybridized carbons (Fsp3) is 0.417. The molecule has 1 aromatic carbocycles. The van der Waals surface area contributed by atoms with Crippen molar-refractivity contribution < 1.29 is 0 Å². The Labute approximate surface area is 84.3 Å². The Morgan fingerprint density at radius 3 is 2.79 bits per heavy atom. The first-order valence-corrected chi connectivity index (χ1v) is 5.07. The Kier molecular flexibility index (Phi) is 2.51. The zero-order valence-electron chi connectivity index (χ0n) is 8.11. The second-order valence-electron chi connectivity index (χ2n) is 3.95. The molecule has 1 atom stereocenters. The quantitative estimate of drug-likeness (QED) is 0.770. The minimum absolute atomic E-state index is 0.122. The van der Waals surface area contributed by atoms with E-state index in [0.717, 1.165) is 5.56 Å². The molecule has 0 bridgehead atoms. The summed E-state index contributed by atoms with van der Waals surface area (Å²) in [5.41, 5.74) is 7.93. The van der Waals surface area contributed by atoms with Gasteiger partial charge in [-0.3, -0.25) is 0 Å². The molecule has 1 saturated carbocycles. The van der Waals surface area contributed by atoms with Gasteiger partial charge in [-0.15, -0.1) is 0 Å². The Balaban J connectivity index is 2.18. The molecule has 0 radical (unpaired) electrons. The number of nitrogens with zero attached hydrogens (tertiary/aromatic N) is 1. The topological polar surface area (TPSA) is 49.8 Å². The molecule has 0 spiro atoms. The normalized spacial score (nSPS) is 18.3.